The first kappa shape index (κ1) is 10.4. The van der Waals surface area contributed by atoms with Crippen molar-refractivity contribution in [3.05, 3.63) is 30.5 Å². The molecule has 0 saturated carbocycles. The van der Waals surface area contributed by atoms with Crippen molar-refractivity contribution < 1.29 is 9.53 Å². The number of methoxy groups -OCH3 is 1. The third-order valence-corrected chi connectivity index (χ3v) is 2.26. The molecule has 0 aliphatic rings. The fourth-order valence-electron chi connectivity index (χ4n) is 1.58. The Labute approximate surface area is 93.3 Å². The van der Waals surface area contributed by atoms with Crippen molar-refractivity contribution in [3.8, 4) is 5.75 Å². The Morgan fingerprint density at radius 2 is 2.12 bits per heavy atom. The third-order valence-electron chi connectivity index (χ3n) is 2.26. The maximum absolute atomic E-state index is 11.1. The number of amides is 1. The number of carbonyl (C=O) groups excluding carboxylic acids is 1. The van der Waals surface area contributed by atoms with Gasteiger partial charge >= 0.3 is 0 Å². The molecule has 4 heteroatoms. The average molecular weight is 216 g/mol. The summed E-state index contributed by atoms with van der Waals surface area (Å²) in [6, 6.07) is 7.59. The van der Waals surface area contributed by atoms with Crippen molar-refractivity contribution in [3.63, 3.8) is 0 Å². The summed E-state index contributed by atoms with van der Waals surface area (Å²) in [6.07, 6.45) is 1.60. The molecule has 0 fully saturated rings. The number of para-hydroxylation sites is 1. The third kappa shape index (κ3) is 1.82. The molecule has 0 atom stereocenters. The van der Waals surface area contributed by atoms with Crippen LogP contribution in [0.1, 0.15) is 6.92 Å². The van der Waals surface area contributed by atoms with E-state index >= 15 is 0 Å². The van der Waals surface area contributed by atoms with Crippen molar-refractivity contribution in [1.29, 1.82) is 0 Å². The molecule has 0 bridgehead atoms. The van der Waals surface area contributed by atoms with Crippen LogP contribution < -0.4 is 10.1 Å². The first-order valence-corrected chi connectivity index (χ1v) is 4.91. The number of benzene rings is 1. The zero-order chi connectivity index (χ0) is 11.5. The van der Waals surface area contributed by atoms with Gasteiger partial charge in [0.2, 0.25) is 5.91 Å². The van der Waals surface area contributed by atoms with Crippen molar-refractivity contribution >= 4 is 22.5 Å². The van der Waals surface area contributed by atoms with E-state index < -0.39 is 0 Å². The predicted octanol–water partition coefficient (Wildman–Crippen LogP) is 2.20. The number of carbonyl (C=O) groups is 1. The minimum Gasteiger partial charge on any atom is -0.493 e. The first-order chi connectivity index (χ1) is 7.72. The Bertz CT molecular complexity index is 538. The van der Waals surface area contributed by atoms with Gasteiger partial charge in [-0.2, -0.15) is 0 Å². The van der Waals surface area contributed by atoms with Gasteiger partial charge in [0.15, 0.2) is 5.75 Å². The van der Waals surface area contributed by atoms with E-state index in [0.717, 1.165) is 10.9 Å². The molecule has 0 saturated heterocycles. The second-order valence-electron chi connectivity index (χ2n) is 3.40. The molecule has 1 N–H and O–H groups in total. The number of fused-ring (bicyclic) bond motifs is 1. The number of nitrogens with one attached hydrogen (secondary N) is 1. The van der Waals surface area contributed by atoms with Gasteiger partial charge in [0.05, 0.1) is 24.5 Å². The molecule has 0 aliphatic heterocycles. The Balaban J connectivity index is 2.67. The highest BCUT2D eigenvalue weighted by Gasteiger charge is 2.09. The van der Waals surface area contributed by atoms with Gasteiger partial charge in [0.1, 0.15) is 0 Å². The molecule has 0 spiro atoms. The van der Waals surface area contributed by atoms with E-state index in [9.17, 15) is 4.79 Å². The molecular formula is C12H12N2O2. The molecule has 4 nitrogen and oxygen atoms in total. The summed E-state index contributed by atoms with van der Waals surface area (Å²) in [5, 5.41) is 3.64. The van der Waals surface area contributed by atoms with Crippen molar-refractivity contribution in [1.82, 2.24) is 4.98 Å². The van der Waals surface area contributed by atoms with Crippen molar-refractivity contribution in [2.24, 2.45) is 0 Å². The Morgan fingerprint density at radius 1 is 1.38 bits per heavy atom. The summed E-state index contributed by atoms with van der Waals surface area (Å²) in [5.74, 6) is 0.434. The van der Waals surface area contributed by atoms with Gasteiger partial charge < -0.3 is 10.1 Å². The number of hydrogen-bond donors (Lipinski definition) is 1. The zero-order valence-electron chi connectivity index (χ0n) is 9.15. The molecular weight excluding hydrogens is 204 g/mol. The molecule has 0 aliphatic carbocycles. The summed E-state index contributed by atoms with van der Waals surface area (Å²) in [5.41, 5.74) is 1.49. The Kier molecular flexibility index (Phi) is 2.72. The maximum Gasteiger partial charge on any atom is 0.221 e. The van der Waals surface area contributed by atoms with Gasteiger partial charge in [0.25, 0.3) is 0 Å². The number of ether oxygens (including phenoxy) is 1. The molecule has 0 radical (unpaired) electrons. The van der Waals surface area contributed by atoms with E-state index in [2.05, 4.69) is 10.3 Å². The highest BCUT2D eigenvalue weighted by molar-refractivity contribution is 6.02. The fourth-order valence-corrected chi connectivity index (χ4v) is 1.58. The second-order valence-corrected chi connectivity index (χ2v) is 3.40. The number of pyridine rings is 1. The van der Waals surface area contributed by atoms with E-state index in [1.165, 1.54) is 6.92 Å². The lowest BCUT2D eigenvalue weighted by molar-refractivity contribution is -0.114. The lowest BCUT2D eigenvalue weighted by Crippen LogP contribution is -2.08. The minimum absolute atomic E-state index is 0.130. The number of nitrogens with zero attached hydrogens (tertiary/aromatic N) is 1. The SMILES string of the molecule is COc1cnc2ccccc2c1NC(C)=O. The summed E-state index contributed by atoms with van der Waals surface area (Å²) >= 11 is 0. The van der Waals surface area contributed by atoms with Crippen molar-refractivity contribution in [2.45, 2.75) is 6.92 Å². The zero-order valence-corrected chi connectivity index (χ0v) is 9.15. The summed E-state index contributed by atoms with van der Waals surface area (Å²) < 4.78 is 5.18. The van der Waals surface area contributed by atoms with Crippen LogP contribution in [0.2, 0.25) is 0 Å². The Hall–Kier alpha value is -2.10. The lowest BCUT2D eigenvalue weighted by Gasteiger charge is -2.11. The molecule has 1 aromatic carbocycles. The number of rotatable bonds is 2. The largest absolute Gasteiger partial charge is 0.493 e. The van der Waals surface area contributed by atoms with Gasteiger partial charge in [-0.25, -0.2) is 0 Å². The number of hydrogen-bond acceptors (Lipinski definition) is 3. The minimum atomic E-state index is -0.130. The van der Waals surface area contributed by atoms with Gasteiger partial charge in [-0.3, -0.25) is 9.78 Å². The normalized spacial score (nSPS) is 10.1. The van der Waals surface area contributed by atoms with E-state index in [-0.39, 0.29) is 5.91 Å². The molecule has 0 unspecified atom stereocenters. The monoisotopic (exact) mass is 216 g/mol. The van der Waals surface area contributed by atoms with Gasteiger partial charge in [0, 0.05) is 12.3 Å². The molecule has 82 valence electrons. The van der Waals surface area contributed by atoms with Crippen LogP contribution >= 0.6 is 0 Å². The highest BCUT2D eigenvalue weighted by Crippen LogP contribution is 2.31. The summed E-state index contributed by atoms with van der Waals surface area (Å²) in [7, 11) is 1.55. The van der Waals surface area contributed by atoms with Crippen LogP contribution in [-0.4, -0.2) is 18.0 Å². The van der Waals surface area contributed by atoms with Crippen LogP contribution in [0.3, 0.4) is 0 Å². The van der Waals surface area contributed by atoms with Crippen LogP contribution in [0.25, 0.3) is 10.9 Å². The predicted molar refractivity (Wildman–Crippen MR) is 62.6 cm³/mol. The van der Waals surface area contributed by atoms with E-state index in [4.69, 9.17) is 4.74 Å². The Morgan fingerprint density at radius 3 is 2.81 bits per heavy atom. The molecule has 2 rings (SSSR count). The van der Waals surface area contributed by atoms with E-state index in [1.807, 2.05) is 24.3 Å². The lowest BCUT2D eigenvalue weighted by atomic mass is 10.2. The second kappa shape index (κ2) is 4.18. The molecule has 1 amide bonds. The highest BCUT2D eigenvalue weighted by atomic mass is 16.5. The maximum atomic E-state index is 11.1. The van der Waals surface area contributed by atoms with Crippen LogP contribution in [-0.2, 0) is 4.79 Å². The fraction of sp³-hybridized carbons (Fsp3) is 0.167. The van der Waals surface area contributed by atoms with Crippen LogP contribution in [0.15, 0.2) is 30.5 Å². The van der Waals surface area contributed by atoms with E-state index in [0.29, 0.717) is 11.4 Å². The average Bonchev–Trinajstić information content (AvgIpc) is 2.29. The molecule has 1 heterocycles. The number of anilines is 1. The molecule has 1 aromatic heterocycles. The summed E-state index contributed by atoms with van der Waals surface area (Å²) in [4.78, 5) is 15.4. The summed E-state index contributed by atoms with van der Waals surface area (Å²) in [6.45, 7) is 1.47. The van der Waals surface area contributed by atoms with Gasteiger partial charge in [-0.15, -0.1) is 0 Å². The first-order valence-electron chi connectivity index (χ1n) is 4.91. The molecule has 2 aromatic rings. The quantitative estimate of drug-likeness (QED) is 0.837. The van der Waals surface area contributed by atoms with Gasteiger partial charge in [-0.05, 0) is 6.07 Å². The van der Waals surface area contributed by atoms with Crippen LogP contribution in [0.5, 0.6) is 5.75 Å². The van der Waals surface area contributed by atoms with Crippen LogP contribution in [0.4, 0.5) is 5.69 Å². The number of aromatic nitrogens is 1. The molecule has 16 heavy (non-hydrogen) atoms. The smallest absolute Gasteiger partial charge is 0.221 e. The van der Waals surface area contributed by atoms with E-state index in [1.54, 1.807) is 13.3 Å². The van der Waals surface area contributed by atoms with Crippen LogP contribution in [0, 0.1) is 0 Å². The standard InChI is InChI=1S/C12H12N2O2/c1-8(15)14-12-9-5-3-4-6-10(9)13-7-11(12)16-2/h3-7H,1-2H3,(H,13,14,15). The van der Waals surface area contributed by atoms with Gasteiger partial charge in [-0.1, -0.05) is 18.2 Å². The van der Waals surface area contributed by atoms with Crippen molar-refractivity contribution in [2.75, 3.05) is 12.4 Å². The topological polar surface area (TPSA) is 51.2 Å².